The highest BCUT2D eigenvalue weighted by Gasteiger charge is 2.12. The van der Waals surface area contributed by atoms with E-state index in [0.717, 1.165) is 5.56 Å². The highest BCUT2D eigenvalue weighted by atomic mass is 35.5. The first kappa shape index (κ1) is 11.7. The Morgan fingerprint density at radius 1 is 1.53 bits per heavy atom. The van der Waals surface area contributed by atoms with E-state index in [0.29, 0.717) is 23.2 Å². The maximum Gasteiger partial charge on any atom is 0.177 e. The van der Waals surface area contributed by atoms with Gasteiger partial charge in [0, 0.05) is 5.56 Å². The molecule has 15 heavy (non-hydrogen) atoms. The third-order valence-corrected chi connectivity index (χ3v) is 2.37. The van der Waals surface area contributed by atoms with E-state index in [4.69, 9.17) is 16.3 Å². The number of carbonyl (C=O) groups excluding carboxylic acids is 2. The molecule has 0 aliphatic rings. The summed E-state index contributed by atoms with van der Waals surface area (Å²) in [5, 5.41) is 0. The molecule has 0 aliphatic heterocycles. The fourth-order valence-electron chi connectivity index (χ4n) is 1.34. The maximum absolute atomic E-state index is 11.4. The van der Waals surface area contributed by atoms with Gasteiger partial charge in [0.1, 0.15) is 5.75 Å². The van der Waals surface area contributed by atoms with Crippen molar-refractivity contribution in [3.63, 3.8) is 0 Å². The fraction of sp³-hybridized carbons (Fsp3) is 0.273. The summed E-state index contributed by atoms with van der Waals surface area (Å²) >= 11 is 5.46. The van der Waals surface area contributed by atoms with Crippen molar-refractivity contribution >= 4 is 23.7 Å². The van der Waals surface area contributed by atoms with Gasteiger partial charge in [0.25, 0.3) is 0 Å². The molecule has 80 valence electrons. The number of hydrogen-bond donors (Lipinski definition) is 0. The Bertz CT molecular complexity index is 399. The zero-order valence-corrected chi connectivity index (χ0v) is 9.30. The van der Waals surface area contributed by atoms with Gasteiger partial charge in [-0.3, -0.25) is 9.59 Å². The van der Waals surface area contributed by atoms with Crippen LogP contribution in [-0.2, 0) is 0 Å². The lowest BCUT2D eigenvalue weighted by Crippen LogP contribution is -2.05. The zero-order chi connectivity index (χ0) is 11.4. The molecule has 0 fully saturated rings. The van der Waals surface area contributed by atoms with Gasteiger partial charge in [-0.2, -0.15) is 0 Å². The summed E-state index contributed by atoms with van der Waals surface area (Å²) in [6.07, 6.45) is 0.656. The number of halogens is 1. The van der Waals surface area contributed by atoms with E-state index in [1.54, 1.807) is 13.0 Å². The standard InChI is InChI=1S/C11H11ClO3/c1-7-3-11(15-2)8(6-13)4-9(7)10(14)5-12/h3-4,6H,5H2,1-2H3. The molecule has 0 aliphatic carbocycles. The number of hydrogen-bond acceptors (Lipinski definition) is 3. The average molecular weight is 227 g/mol. The molecule has 1 aromatic carbocycles. The molecule has 1 rings (SSSR count). The van der Waals surface area contributed by atoms with Crippen molar-refractivity contribution < 1.29 is 14.3 Å². The van der Waals surface area contributed by atoms with Crippen molar-refractivity contribution in [1.82, 2.24) is 0 Å². The van der Waals surface area contributed by atoms with Crippen LogP contribution in [0.15, 0.2) is 12.1 Å². The second-order valence-electron chi connectivity index (χ2n) is 3.08. The van der Waals surface area contributed by atoms with Gasteiger partial charge in [0.2, 0.25) is 0 Å². The third kappa shape index (κ3) is 2.36. The van der Waals surface area contributed by atoms with Gasteiger partial charge in [-0.05, 0) is 24.6 Å². The lowest BCUT2D eigenvalue weighted by atomic mass is 10.0. The Balaban J connectivity index is 3.31. The van der Waals surface area contributed by atoms with Gasteiger partial charge in [-0.15, -0.1) is 11.6 Å². The number of ketones is 1. The number of Topliss-reactive ketones (excluding diaryl/α,β-unsaturated/α-hetero) is 1. The minimum absolute atomic E-state index is 0.0918. The van der Waals surface area contributed by atoms with Crippen molar-refractivity contribution in [2.45, 2.75) is 6.92 Å². The summed E-state index contributed by atoms with van der Waals surface area (Å²) in [6, 6.07) is 3.16. The molecule has 0 saturated carbocycles. The lowest BCUT2D eigenvalue weighted by Gasteiger charge is -2.08. The second-order valence-corrected chi connectivity index (χ2v) is 3.35. The van der Waals surface area contributed by atoms with Gasteiger partial charge in [-0.25, -0.2) is 0 Å². The van der Waals surface area contributed by atoms with E-state index in [1.807, 2.05) is 0 Å². The molecular formula is C11H11ClO3. The Labute approximate surface area is 93.0 Å². The number of carbonyl (C=O) groups is 2. The van der Waals surface area contributed by atoms with Crippen LogP contribution in [0.3, 0.4) is 0 Å². The monoisotopic (exact) mass is 226 g/mol. The molecule has 0 atom stereocenters. The number of alkyl halides is 1. The summed E-state index contributed by atoms with van der Waals surface area (Å²) in [5.74, 6) is 0.180. The summed E-state index contributed by atoms with van der Waals surface area (Å²) < 4.78 is 5.01. The number of aryl methyl sites for hydroxylation is 1. The van der Waals surface area contributed by atoms with Crippen molar-refractivity contribution in [2.24, 2.45) is 0 Å². The van der Waals surface area contributed by atoms with E-state index < -0.39 is 0 Å². The summed E-state index contributed by atoms with van der Waals surface area (Å²) in [7, 11) is 1.48. The van der Waals surface area contributed by atoms with Gasteiger partial charge in [0.05, 0.1) is 18.6 Å². The molecule has 0 aromatic heterocycles. The minimum Gasteiger partial charge on any atom is -0.496 e. The predicted molar refractivity (Wildman–Crippen MR) is 58.2 cm³/mol. The van der Waals surface area contributed by atoms with Crippen LogP contribution in [0.2, 0.25) is 0 Å². The summed E-state index contributed by atoms with van der Waals surface area (Å²) in [5.41, 5.74) is 1.58. The Kier molecular flexibility index (Phi) is 3.86. The van der Waals surface area contributed by atoms with Gasteiger partial charge < -0.3 is 4.74 Å². The molecule has 1 aromatic rings. The van der Waals surface area contributed by atoms with Crippen molar-refractivity contribution in [2.75, 3.05) is 13.0 Å². The van der Waals surface area contributed by atoms with Crippen LogP contribution in [0.5, 0.6) is 5.75 Å². The minimum atomic E-state index is -0.195. The topological polar surface area (TPSA) is 43.4 Å². The Morgan fingerprint density at radius 2 is 2.20 bits per heavy atom. The zero-order valence-electron chi connectivity index (χ0n) is 8.54. The number of methoxy groups -OCH3 is 1. The Morgan fingerprint density at radius 3 is 2.67 bits per heavy atom. The molecule has 4 heteroatoms. The average Bonchev–Trinajstić information content (AvgIpc) is 2.27. The first-order valence-electron chi connectivity index (χ1n) is 4.37. The number of aldehydes is 1. The van der Waals surface area contributed by atoms with E-state index in [2.05, 4.69) is 0 Å². The van der Waals surface area contributed by atoms with Gasteiger partial charge in [0.15, 0.2) is 12.1 Å². The molecule has 0 bridgehead atoms. The van der Waals surface area contributed by atoms with E-state index in [-0.39, 0.29) is 11.7 Å². The molecule has 0 radical (unpaired) electrons. The summed E-state index contributed by atoms with van der Waals surface area (Å²) in [6.45, 7) is 1.77. The lowest BCUT2D eigenvalue weighted by molar-refractivity contribution is 0.102. The largest absolute Gasteiger partial charge is 0.496 e. The van der Waals surface area contributed by atoms with Crippen LogP contribution in [0.25, 0.3) is 0 Å². The van der Waals surface area contributed by atoms with Crippen molar-refractivity contribution in [3.8, 4) is 5.75 Å². The van der Waals surface area contributed by atoms with Crippen LogP contribution < -0.4 is 4.74 Å². The SMILES string of the molecule is COc1cc(C)c(C(=O)CCl)cc1C=O. The number of ether oxygens (including phenoxy) is 1. The Hall–Kier alpha value is -1.35. The molecular weight excluding hydrogens is 216 g/mol. The van der Waals surface area contributed by atoms with E-state index in [9.17, 15) is 9.59 Å². The third-order valence-electron chi connectivity index (χ3n) is 2.13. The van der Waals surface area contributed by atoms with Crippen LogP contribution in [0.4, 0.5) is 0 Å². The smallest absolute Gasteiger partial charge is 0.177 e. The highest BCUT2D eigenvalue weighted by Crippen LogP contribution is 2.22. The second kappa shape index (κ2) is 4.94. The van der Waals surface area contributed by atoms with E-state index >= 15 is 0 Å². The maximum atomic E-state index is 11.4. The van der Waals surface area contributed by atoms with Crippen molar-refractivity contribution in [3.05, 3.63) is 28.8 Å². The normalized spacial score (nSPS) is 9.80. The molecule has 0 saturated heterocycles. The summed E-state index contributed by atoms with van der Waals surface area (Å²) in [4.78, 5) is 22.1. The quantitative estimate of drug-likeness (QED) is 0.449. The van der Waals surface area contributed by atoms with Gasteiger partial charge >= 0.3 is 0 Å². The molecule has 0 spiro atoms. The molecule has 0 amide bonds. The van der Waals surface area contributed by atoms with Crippen LogP contribution >= 0.6 is 11.6 Å². The molecule has 0 unspecified atom stereocenters. The molecule has 0 N–H and O–H groups in total. The van der Waals surface area contributed by atoms with Gasteiger partial charge in [-0.1, -0.05) is 0 Å². The predicted octanol–water partition coefficient (Wildman–Crippen LogP) is 2.24. The van der Waals surface area contributed by atoms with Crippen LogP contribution in [0, 0.1) is 6.92 Å². The fourth-order valence-corrected chi connectivity index (χ4v) is 1.48. The van der Waals surface area contributed by atoms with E-state index in [1.165, 1.54) is 13.2 Å². The van der Waals surface area contributed by atoms with Crippen molar-refractivity contribution in [1.29, 1.82) is 0 Å². The van der Waals surface area contributed by atoms with Crippen LogP contribution in [-0.4, -0.2) is 25.1 Å². The molecule has 0 heterocycles. The number of benzene rings is 1. The van der Waals surface area contributed by atoms with Crippen LogP contribution in [0.1, 0.15) is 26.3 Å². The highest BCUT2D eigenvalue weighted by molar-refractivity contribution is 6.30. The first-order chi connectivity index (χ1) is 7.13. The number of rotatable bonds is 4. The first-order valence-corrected chi connectivity index (χ1v) is 4.90. The molecule has 3 nitrogen and oxygen atoms in total.